The summed E-state index contributed by atoms with van der Waals surface area (Å²) in [6.07, 6.45) is 7.54. The van der Waals surface area contributed by atoms with Crippen LogP contribution in [0.2, 0.25) is 0 Å². The first-order valence-corrected chi connectivity index (χ1v) is 9.89. The van der Waals surface area contributed by atoms with Crippen molar-refractivity contribution in [1.29, 1.82) is 0 Å². The second-order valence-electron chi connectivity index (χ2n) is 6.90. The summed E-state index contributed by atoms with van der Waals surface area (Å²) in [7, 11) is 0. The average Bonchev–Trinajstić information content (AvgIpc) is 2.58. The quantitative estimate of drug-likeness (QED) is 0.254. The van der Waals surface area contributed by atoms with E-state index in [0.29, 0.717) is 6.42 Å². The largest absolute Gasteiger partial charge is 0.544 e. The third-order valence-electron chi connectivity index (χ3n) is 5.40. The number of unbranched alkanes of at least 4 members (excludes halogenated alkanes) is 3. The van der Waals surface area contributed by atoms with Gasteiger partial charge in [0.1, 0.15) is 6.04 Å². The predicted octanol–water partition coefficient (Wildman–Crippen LogP) is 2.19. The first kappa shape index (κ1) is 25.1. The third kappa shape index (κ3) is 6.34. The van der Waals surface area contributed by atoms with E-state index < -0.39 is 40.5 Å². The van der Waals surface area contributed by atoms with Crippen molar-refractivity contribution in [3.8, 4) is 0 Å². The Morgan fingerprint density at radius 1 is 0.889 bits per heavy atom. The topological polar surface area (TPSA) is 115 Å². The highest BCUT2D eigenvalue weighted by molar-refractivity contribution is 5.77. The van der Waals surface area contributed by atoms with Crippen molar-refractivity contribution >= 4 is 17.9 Å². The van der Waals surface area contributed by atoms with Gasteiger partial charge in [-0.25, -0.2) is 9.59 Å². The fraction of sp³-hybridized carbons (Fsp3) is 0.750. The zero-order valence-corrected chi connectivity index (χ0v) is 17.0. The third-order valence-corrected chi connectivity index (χ3v) is 5.40. The molecule has 0 rings (SSSR count). The van der Waals surface area contributed by atoms with Crippen LogP contribution in [0, 0.1) is 0 Å². The van der Waals surface area contributed by atoms with E-state index in [9.17, 15) is 29.7 Å². The summed E-state index contributed by atoms with van der Waals surface area (Å²) in [5.41, 5.74) is 0. The van der Waals surface area contributed by atoms with E-state index in [4.69, 9.17) is 0 Å². The van der Waals surface area contributed by atoms with Crippen LogP contribution in [-0.4, -0.2) is 57.3 Å². The van der Waals surface area contributed by atoms with Crippen molar-refractivity contribution in [2.24, 2.45) is 0 Å². The summed E-state index contributed by atoms with van der Waals surface area (Å²) in [5, 5.41) is 31.5. The van der Waals surface area contributed by atoms with E-state index >= 15 is 0 Å². The van der Waals surface area contributed by atoms with Crippen molar-refractivity contribution < 1.29 is 34.2 Å². The number of allylic oxidation sites excluding steroid dienone is 2. The molecule has 0 amide bonds. The van der Waals surface area contributed by atoms with E-state index in [-0.39, 0.29) is 25.8 Å². The minimum absolute atomic E-state index is 0.120. The molecule has 156 valence electrons. The smallest absolute Gasteiger partial charge is 0.362 e. The highest BCUT2D eigenvalue weighted by Gasteiger charge is 2.53. The maximum absolute atomic E-state index is 12.0. The van der Waals surface area contributed by atoms with Gasteiger partial charge in [-0.2, -0.15) is 0 Å². The van der Waals surface area contributed by atoms with Crippen molar-refractivity contribution in [3.05, 3.63) is 12.2 Å². The highest BCUT2D eigenvalue weighted by Crippen LogP contribution is 2.32. The predicted molar refractivity (Wildman–Crippen MR) is 101 cm³/mol. The molecule has 0 saturated heterocycles. The molecule has 0 aromatic heterocycles. The molecule has 0 spiro atoms. The van der Waals surface area contributed by atoms with Gasteiger partial charge in [-0.1, -0.05) is 32.9 Å². The molecule has 3 unspecified atom stereocenters. The minimum Gasteiger partial charge on any atom is -0.544 e. The maximum Gasteiger partial charge on any atom is 0.362 e. The molecule has 0 bridgehead atoms. The number of carboxylic acids is 3. The summed E-state index contributed by atoms with van der Waals surface area (Å²) >= 11 is 0. The standard InChI is InChI=1S/C20H35NO6/c1-5-9-10-11-12-13-14-21(15(6-2)18(22)23,16(7-3)19(24)25)17(8-4)20(26)27/h5,9,15-17H,6-8,10-14H2,1-4H3,(H2-,22,23,24,25,26,27)/b9-5+. The lowest BCUT2D eigenvalue weighted by Crippen LogP contribution is -2.73. The summed E-state index contributed by atoms with van der Waals surface area (Å²) in [5.74, 6) is -3.71. The Morgan fingerprint density at radius 3 is 1.70 bits per heavy atom. The molecule has 0 fully saturated rings. The summed E-state index contributed by atoms with van der Waals surface area (Å²) < 4.78 is -0.486. The van der Waals surface area contributed by atoms with Crippen LogP contribution < -0.4 is 5.11 Å². The molecular weight excluding hydrogens is 350 g/mol. The van der Waals surface area contributed by atoms with Gasteiger partial charge in [0.15, 0.2) is 12.1 Å². The van der Waals surface area contributed by atoms with Crippen LogP contribution in [0.4, 0.5) is 0 Å². The highest BCUT2D eigenvalue weighted by atomic mass is 16.4. The van der Waals surface area contributed by atoms with Gasteiger partial charge in [-0.15, -0.1) is 0 Å². The molecule has 0 heterocycles. The van der Waals surface area contributed by atoms with Gasteiger partial charge in [0, 0.05) is 19.3 Å². The average molecular weight is 386 g/mol. The second kappa shape index (κ2) is 12.5. The first-order valence-electron chi connectivity index (χ1n) is 9.89. The number of carbonyl (C=O) groups excluding carboxylic acids is 1. The molecule has 0 aromatic rings. The zero-order chi connectivity index (χ0) is 21.0. The van der Waals surface area contributed by atoms with Crippen LogP contribution in [-0.2, 0) is 14.4 Å². The van der Waals surface area contributed by atoms with Gasteiger partial charge in [-0.05, 0) is 32.6 Å². The van der Waals surface area contributed by atoms with Gasteiger partial charge in [0.2, 0.25) is 0 Å². The van der Waals surface area contributed by atoms with Crippen molar-refractivity contribution in [3.63, 3.8) is 0 Å². The molecule has 0 saturated carbocycles. The molecule has 0 aromatic carbocycles. The maximum atomic E-state index is 12.0. The van der Waals surface area contributed by atoms with E-state index in [1.807, 2.05) is 19.1 Å². The Morgan fingerprint density at radius 2 is 1.37 bits per heavy atom. The number of carboxylic acid groups (broad SMARTS) is 3. The molecule has 7 heteroatoms. The lowest BCUT2D eigenvalue weighted by molar-refractivity contribution is -0.974. The number of nitrogens with zero attached hydrogens (tertiary/aromatic N) is 1. The lowest BCUT2D eigenvalue weighted by atomic mass is 9.94. The van der Waals surface area contributed by atoms with Crippen LogP contribution in [0.15, 0.2) is 12.2 Å². The van der Waals surface area contributed by atoms with Gasteiger partial charge in [-0.3, -0.25) is 4.48 Å². The molecule has 0 aliphatic carbocycles. The van der Waals surface area contributed by atoms with Crippen LogP contribution in [0.25, 0.3) is 0 Å². The Labute approximate surface area is 162 Å². The minimum atomic E-state index is -1.38. The molecular formula is C20H35NO6. The van der Waals surface area contributed by atoms with Crippen LogP contribution >= 0.6 is 0 Å². The molecule has 0 aliphatic rings. The number of quaternary nitrogens is 1. The number of carbonyl (C=O) groups is 3. The molecule has 0 aliphatic heterocycles. The van der Waals surface area contributed by atoms with Crippen molar-refractivity contribution in [1.82, 2.24) is 0 Å². The molecule has 7 nitrogen and oxygen atoms in total. The summed E-state index contributed by atoms with van der Waals surface area (Å²) in [6, 6.07) is -3.39. The lowest BCUT2D eigenvalue weighted by Gasteiger charge is -2.51. The Hall–Kier alpha value is -1.89. The van der Waals surface area contributed by atoms with Gasteiger partial charge in [0.25, 0.3) is 0 Å². The Bertz CT molecular complexity index is 462. The molecule has 2 N–H and O–H groups in total. The summed E-state index contributed by atoms with van der Waals surface area (Å²) in [4.78, 5) is 35.9. The Balaban J connectivity index is 6.09. The van der Waals surface area contributed by atoms with Crippen LogP contribution in [0.5, 0.6) is 0 Å². The number of rotatable bonds is 15. The van der Waals surface area contributed by atoms with E-state index in [1.54, 1.807) is 20.8 Å². The van der Waals surface area contributed by atoms with E-state index in [2.05, 4.69) is 0 Å². The number of hydrogen-bond acceptors (Lipinski definition) is 4. The normalized spacial score (nSPS) is 17.2. The SMILES string of the molecule is C/C=C/CCCCC[N+](C(CC)C(=O)[O-])(C(CC)C(=O)O)C(CC)C(=O)O. The van der Waals surface area contributed by atoms with Crippen LogP contribution in [0.3, 0.4) is 0 Å². The van der Waals surface area contributed by atoms with Gasteiger partial charge >= 0.3 is 11.9 Å². The van der Waals surface area contributed by atoms with Crippen molar-refractivity contribution in [2.45, 2.75) is 90.8 Å². The number of hydrogen-bond donors (Lipinski definition) is 2. The number of aliphatic carboxylic acids is 3. The Kier molecular flexibility index (Phi) is 11.6. The zero-order valence-electron chi connectivity index (χ0n) is 17.0. The van der Waals surface area contributed by atoms with E-state index in [0.717, 1.165) is 19.3 Å². The molecule has 27 heavy (non-hydrogen) atoms. The molecule has 0 radical (unpaired) electrons. The second-order valence-corrected chi connectivity index (χ2v) is 6.90. The fourth-order valence-corrected chi connectivity index (χ4v) is 4.25. The van der Waals surface area contributed by atoms with Crippen LogP contribution in [0.1, 0.15) is 72.6 Å². The fourth-order valence-electron chi connectivity index (χ4n) is 4.25. The first-order chi connectivity index (χ1) is 12.7. The monoisotopic (exact) mass is 385 g/mol. The molecule has 3 atom stereocenters. The van der Waals surface area contributed by atoms with E-state index in [1.165, 1.54) is 0 Å². The van der Waals surface area contributed by atoms with Gasteiger partial charge < -0.3 is 20.1 Å². The van der Waals surface area contributed by atoms with Crippen molar-refractivity contribution in [2.75, 3.05) is 6.54 Å². The van der Waals surface area contributed by atoms with Gasteiger partial charge in [0.05, 0.1) is 12.5 Å². The summed E-state index contributed by atoms with van der Waals surface area (Å²) in [6.45, 7) is 7.09.